The largest absolute Gasteiger partial charge is 0.467 e. The third-order valence-corrected chi connectivity index (χ3v) is 4.18. The molecule has 0 saturated carbocycles. The molecule has 10 heteroatoms. The van der Waals surface area contributed by atoms with Crippen molar-refractivity contribution in [3.05, 3.63) is 65.0 Å². The topological polar surface area (TPSA) is 120 Å². The van der Waals surface area contributed by atoms with Gasteiger partial charge >= 0.3 is 23.9 Å². The third-order valence-electron chi connectivity index (χ3n) is 4.18. The van der Waals surface area contributed by atoms with E-state index in [1.807, 2.05) is 0 Å². The predicted octanol–water partition coefficient (Wildman–Crippen LogP) is 2.30. The maximum Gasteiger partial charge on any atom is 0.337 e. The van der Waals surface area contributed by atoms with Gasteiger partial charge in [-0.2, -0.15) is 0 Å². The van der Waals surface area contributed by atoms with Gasteiger partial charge in [0.15, 0.2) is 0 Å². The van der Waals surface area contributed by atoms with E-state index in [9.17, 15) is 23.6 Å². The maximum absolute atomic E-state index is 13.1. The molecule has 0 heterocycles. The van der Waals surface area contributed by atoms with Crippen molar-refractivity contribution in [2.75, 3.05) is 26.6 Å². The fourth-order valence-corrected chi connectivity index (χ4v) is 2.69. The highest BCUT2D eigenvalue weighted by Gasteiger charge is 2.23. The second-order valence-corrected chi connectivity index (χ2v) is 6.29. The van der Waals surface area contributed by atoms with Crippen LogP contribution in [0.1, 0.15) is 26.3 Å². The van der Waals surface area contributed by atoms with E-state index in [2.05, 4.69) is 20.1 Å². The van der Waals surface area contributed by atoms with Crippen molar-refractivity contribution in [1.29, 1.82) is 0 Å². The first kappa shape index (κ1) is 23.3. The van der Waals surface area contributed by atoms with Crippen molar-refractivity contribution in [2.45, 2.75) is 12.5 Å². The van der Waals surface area contributed by atoms with E-state index in [1.54, 1.807) is 0 Å². The molecule has 2 rings (SSSR count). The summed E-state index contributed by atoms with van der Waals surface area (Å²) in [6.07, 6.45) is 0.0516. The van der Waals surface area contributed by atoms with Gasteiger partial charge in [-0.15, -0.1) is 0 Å². The molecule has 0 radical (unpaired) electrons. The first-order valence-electron chi connectivity index (χ1n) is 8.99. The summed E-state index contributed by atoms with van der Waals surface area (Å²) in [5, 5.41) is 4.91. The van der Waals surface area contributed by atoms with Crippen LogP contribution in [0.5, 0.6) is 0 Å². The minimum atomic E-state index is -1.07. The van der Waals surface area contributed by atoms with Gasteiger partial charge in [0.1, 0.15) is 11.9 Å². The van der Waals surface area contributed by atoms with Gasteiger partial charge in [-0.05, 0) is 35.9 Å². The Morgan fingerprint density at radius 2 is 1.42 bits per heavy atom. The monoisotopic (exact) mass is 432 g/mol. The highest BCUT2D eigenvalue weighted by molar-refractivity contribution is 5.99. The van der Waals surface area contributed by atoms with Crippen LogP contribution in [-0.2, 0) is 25.4 Å². The lowest BCUT2D eigenvalue weighted by atomic mass is 10.1. The number of amides is 2. The summed E-state index contributed by atoms with van der Waals surface area (Å²) in [6, 6.07) is 7.41. The number of carbonyl (C=O) groups excluding carboxylic acids is 4. The first-order valence-corrected chi connectivity index (χ1v) is 8.99. The van der Waals surface area contributed by atoms with Crippen LogP contribution >= 0.6 is 0 Å². The summed E-state index contributed by atoms with van der Waals surface area (Å²) < 4.78 is 27.1. The minimum Gasteiger partial charge on any atom is -0.467 e. The first-order chi connectivity index (χ1) is 14.8. The van der Waals surface area contributed by atoms with Crippen LogP contribution in [0, 0.1) is 5.82 Å². The second-order valence-electron chi connectivity index (χ2n) is 6.29. The van der Waals surface area contributed by atoms with Crippen LogP contribution in [0.25, 0.3) is 0 Å². The van der Waals surface area contributed by atoms with Gasteiger partial charge in [-0.3, -0.25) is 0 Å². The molecule has 2 aromatic carbocycles. The third kappa shape index (κ3) is 6.53. The van der Waals surface area contributed by atoms with E-state index in [1.165, 1.54) is 63.8 Å². The maximum atomic E-state index is 13.1. The van der Waals surface area contributed by atoms with Crippen molar-refractivity contribution in [3.63, 3.8) is 0 Å². The van der Waals surface area contributed by atoms with Gasteiger partial charge in [0.05, 0.1) is 32.5 Å². The molecule has 0 saturated heterocycles. The number of halogens is 1. The Bertz CT molecular complexity index is 942. The number of esters is 3. The number of ether oxygens (including phenoxy) is 3. The summed E-state index contributed by atoms with van der Waals surface area (Å²) >= 11 is 0. The van der Waals surface area contributed by atoms with E-state index in [0.717, 1.165) is 0 Å². The zero-order valence-corrected chi connectivity index (χ0v) is 17.1. The highest BCUT2D eigenvalue weighted by atomic mass is 19.1. The molecule has 0 bridgehead atoms. The minimum absolute atomic E-state index is 0.0107. The lowest BCUT2D eigenvalue weighted by Crippen LogP contribution is -2.45. The van der Waals surface area contributed by atoms with Crippen molar-refractivity contribution in [2.24, 2.45) is 0 Å². The van der Waals surface area contributed by atoms with Gasteiger partial charge in [0, 0.05) is 12.1 Å². The Kier molecular flexibility index (Phi) is 8.07. The molecule has 2 amide bonds. The number of rotatable bonds is 7. The molecule has 2 N–H and O–H groups in total. The smallest absolute Gasteiger partial charge is 0.337 e. The summed E-state index contributed by atoms with van der Waals surface area (Å²) in [6.45, 7) is 0. The fraction of sp³-hybridized carbons (Fsp3) is 0.238. The molecule has 31 heavy (non-hydrogen) atoms. The highest BCUT2D eigenvalue weighted by Crippen LogP contribution is 2.17. The predicted molar refractivity (Wildman–Crippen MR) is 107 cm³/mol. The number of hydrogen-bond donors (Lipinski definition) is 2. The van der Waals surface area contributed by atoms with Crippen LogP contribution in [0.3, 0.4) is 0 Å². The summed E-state index contributed by atoms with van der Waals surface area (Å²) in [5.74, 6) is -2.59. The number of benzene rings is 2. The van der Waals surface area contributed by atoms with Gasteiger partial charge in [-0.25, -0.2) is 23.6 Å². The summed E-state index contributed by atoms with van der Waals surface area (Å²) in [5.41, 5.74) is 0.706. The molecular formula is C21H21FN2O7. The van der Waals surface area contributed by atoms with Crippen molar-refractivity contribution in [3.8, 4) is 0 Å². The quantitative estimate of drug-likeness (QED) is 0.509. The van der Waals surface area contributed by atoms with Crippen molar-refractivity contribution < 1.29 is 37.8 Å². The molecule has 0 fully saturated rings. The lowest BCUT2D eigenvalue weighted by Gasteiger charge is -2.17. The molecule has 164 valence electrons. The van der Waals surface area contributed by atoms with Crippen LogP contribution in [0.2, 0.25) is 0 Å². The summed E-state index contributed by atoms with van der Waals surface area (Å²) in [7, 11) is 3.51. The Hall–Kier alpha value is -3.95. The molecule has 1 atom stereocenters. The van der Waals surface area contributed by atoms with Gasteiger partial charge in [0.2, 0.25) is 0 Å². The van der Waals surface area contributed by atoms with Gasteiger partial charge in [0.25, 0.3) is 0 Å². The number of anilines is 1. The van der Waals surface area contributed by atoms with E-state index < -0.39 is 35.8 Å². The van der Waals surface area contributed by atoms with E-state index >= 15 is 0 Å². The van der Waals surface area contributed by atoms with E-state index in [4.69, 9.17) is 4.74 Å². The average molecular weight is 432 g/mol. The molecule has 1 unspecified atom stereocenters. The SMILES string of the molecule is COC(=O)c1cc(NC(=O)NC(Cc2ccc(F)cc2)C(=O)OC)cc(C(=O)OC)c1. The standard InChI is InChI=1S/C21H21FN2O7/c1-29-18(25)13-9-14(19(26)30-2)11-16(10-13)23-21(28)24-17(20(27)31-3)8-12-4-6-15(22)7-5-12/h4-7,9-11,17H,8H2,1-3H3,(H2,23,24,28). The molecule has 0 spiro atoms. The molecular weight excluding hydrogens is 411 g/mol. The number of methoxy groups -OCH3 is 3. The van der Waals surface area contributed by atoms with Gasteiger partial charge in [-0.1, -0.05) is 12.1 Å². The fourth-order valence-electron chi connectivity index (χ4n) is 2.69. The molecule has 9 nitrogen and oxygen atoms in total. The molecule has 0 aromatic heterocycles. The van der Waals surface area contributed by atoms with Crippen LogP contribution < -0.4 is 10.6 Å². The summed E-state index contributed by atoms with van der Waals surface area (Å²) in [4.78, 5) is 48.3. The van der Waals surface area contributed by atoms with Crippen LogP contribution in [0.15, 0.2) is 42.5 Å². The molecule has 2 aromatic rings. The normalized spacial score (nSPS) is 11.1. The Balaban J connectivity index is 2.20. The number of carbonyl (C=O) groups is 4. The number of urea groups is 1. The van der Waals surface area contributed by atoms with Crippen molar-refractivity contribution >= 4 is 29.6 Å². The number of hydrogen-bond acceptors (Lipinski definition) is 7. The van der Waals surface area contributed by atoms with Crippen molar-refractivity contribution in [1.82, 2.24) is 5.32 Å². The lowest BCUT2D eigenvalue weighted by molar-refractivity contribution is -0.142. The second kappa shape index (κ2) is 10.7. The van der Waals surface area contributed by atoms with Gasteiger partial charge < -0.3 is 24.8 Å². The van der Waals surface area contributed by atoms with Crippen LogP contribution in [0.4, 0.5) is 14.9 Å². The zero-order chi connectivity index (χ0) is 23.0. The Morgan fingerprint density at radius 3 is 1.90 bits per heavy atom. The molecule has 0 aliphatic rings. The Labute approximate surface area is 177 Å². The zero-order valence-electron chi connectivity index (χ0n) is 17.1. The molecule has 0 aliphatic heterocycles. The number of nitrogens with one attached hydrogen (secondary N) is 2. The Morgan fingerprint density at radius 1 is 0.871 bits per heavy atom. The average Bonchev–Trinajstić information content (AvgIpc) is 2.77. The van der Waals surface area contributed by atoms with E-state index in [-0.39, 0.29) is 23.2 Å². The molecule has 0 aliphatic carbocycles. The van der Waals surface area contributed by atoms with Crippen LogP contribution in [-0.4, -0.2) is 51.3 Å². The van der Waals surface area contributed by atoms with E-state index in [0.29, 0.717) is 5.56 Å².